The Labute approximate surface area is 122 Å². The highest BCUT2D eigenvalue weighted by Gasteiger charge is 2.18. The summed E-state index contributed by atoms with van der Waals surface area (Å²) >= 11 is 5.89. The van der Waals surface area contributed by atoms with Crippen molar-refractivity contribution in [2.75, 3.05) is 24.3 Å². The first-order valence-corrected chi connectivity index (χ1v) is 7.13. The average molecular weight is 290 g/mol. The van der Waals surface area contributed by atoms with Gasteiger partial charge in [0.25, 0.3) is 0 Å². The van der Waals surface area contributed by atoms with Crippen LogP contribution in [-0.4, -0.2) is 19.2 Å². The molecule has 0 radical (unpaired) electrons. The summed E-state index contributed by atoms with van der Waals surface area (Å²) in [7, 11) is 4.05. The molecule has 98 valence electrons. The van der Waals surface area contributed by atoms with Gasteiger partial charge >= 0.3 is 0 Å². The highest BCUT2D eigenvalue weighted by atomic mass is 32.2. The normalized spacial score (nSPS) is 12.4. The number of aromatic hydroxyl groups is 1. The predicted molar refractivity (Wildman–Crippen MR) is 83.5 cm³/mol. The molecule has 0 unspecified atom stereocenters. The highest BCUT2D eigenvalue weighted by molar-refractivity contribution is 7.99. The Morgan fingerprint density at radius 2 is 1.84 bits per heavy atom. The fourth-order valence-electron chi connectivity index (χ4n) is 1.98. The van der Waals surface area contributed by atoms with Crippen molar-refractivity contribution in [1.82, 2.24) is 0 Å². The number of hydrogen-bond acceptors (Lipinski definition) is 5. The van der Waals surface area contributed by atoms with E-state index in [-0.39, 0.29) is 5.75 Å². The number of thiol groups is 1. The number of nitrogens with one attached hydrogen (secondary N) is 1. The zero-order chi connectivity index (χ0) is 13.6. The molecule has 3 nitrogen and oxygen atoms in total. The Morgan fingerprint density at radius 1 is 1.11 bits per heavy atom. The van der Waals surface area contributed by atoms with Crippen LogP contribution in [0.4, 0.5) is 17.1 Å². The van der Waals surface area contributed by atoms with Gasteiger partial charge in [0.05, 0.1) is 11.4 Å². The number of nitrogens with zero attached hydrogens (tertiary/aromatic N) is 1. The van der Waals surface area contributed by atoms with E-state index in [2.05, 4.69) is 41.0 Å². The van der Waals surface area contributed by atoms with E-state index >= 15 is 0 Å². The van der Waals surface area contributed by atoms with Crippen LogP contribution >= 0.6 is 24.4 Å². The van der Waals surface area contributed by atoms with Gasteiger partial charge < -0.3 is 15.3 Å². The van der Waals surface area contributed by atoms with Gasteiger partial charge in [0.1, 0.15) is 5.75 Å². The van der Waals surface area contributed by atoms with Crippen molar-refractivity contribution in [2.45, 2.75) is 14.7 Å². The van der Waals surface area contributed by atoms with Crippen molar-refractivity contribution in [1.29, 1.82) is 0 Å². The van der Waals surface area contributed by atoms with Crippen LogP contribution < -0.4 is 10.2 Å². The second-order valence-corrected chi connectivity index (χ2v) is 6.20. The Morgan fingerprint density at radius 3 is 2.58 bits per heavy atom. The maximum absolute atomic E-state index is 9.74. The second kappa shape index (κ2) is 4.58. The van der Waals surface area contributed by atoms with Gasteiger partial charge in [-0.25, -0.2) is 0 Å². The van der Waals surface area contributed by atoms with Crippen molar-refractivity contribution in [3.05, 3.63) is 30.3 Å². The Kier molecular flexibility index (Phi) is 3.03. The topological polar surface area (TPSA) is 35.5 Å². The summed E-state index contributed by atoms with van der Waals surface area (Å²) in [5.74, 6) is 0.212. The van der Waals surface area contributed by atoms with E-state index < -0.39 is 0 Å². The summed E-state index contributed by atoms with van der Waals surface area (Å²) in [5.41, 5.74) is 3.23. The number of rotatable bonds is 1. The molecule has 1 aliphatic heterocycles. The molecule has 3 rings (SSSR count). The van der Waals surface area contributed by atoms with E-state index in [1.54, 1.807) is 17.8 Å². The first kappa shape index (κ1) is 12.6. The maximum Gasteiger partial charge on any atom is 0.130 e. The molecule has 1 heterocycles. The minimum Gasteiger partial charge on any atom is -0.507 e. The molecule has 0 fully saturated rings. The van der Waals surface area contributed by atoms with Crippen molar-refractivity contribution in [3.8, 4) is 5.75 Å². The van der Waals surface area contributed by atoms with Crippen molar-refractivity contribution in [3.63, 3.8) is 0 Å². The van der Waals surface area contributed by atoms with Crippen LogP contribution in [0.15, 0.2) is 45.0 Å². The lowest BCUT2D eigenvalue weighted by Crippen LogP contribution is -2.09. The molecular weight excluding hydrogens is 276 g/mol. The molecular formula is C14H14N2OS2. The van der Waals surface area contributed by atoms with E-state index in [1.807, 2.05) is 20.2 Å². The van der Waals surface area contributed by atoms with Gasteiger partial charge in [0.2, 0.25) is 0 Å². The van der Waals surface area contributed by atoms with Crippen LogP contribution in [0.2, 0.25) is 0 Å². The second-order valence-electron chi connectivity index (χ2n) is 4.64. The summed E-state index contributed by atoms with van der Waals surface area (Å²) in [6, 6.07) is 9.90. The first-order chi connectivity index (χ1) is 9.04. The lowest BCUT2D eigenvalue weighted by Gasteiger charge is -2.23. The number of phenolic OH excluding ortho intramolecular Hbond substituents is 1. The monoisotopic (exact) mass is 290 g/mol. The third-order valence-corrected chi connectivity index (χ3v) is 4.52. The first-order valence-electron chi connectivity index (χ1n) is 5.87. The average Bonchev–Trinajstić information content (AvgIpc) is 2.37. The molecule has 0 amide bonds. The summed E-state index contributed by atoms with van der Waals surface area (Å²) in [6.45, 7) is 0. The fourth-order valence-corrected chi connectivity index (χ4v) is 3.21. The van der Waals surface area contributed by atoms with Crippen LogP contribution in [-0.2, 0) is 0 Å². The van der Waals surface area contributed by atoms with Gasteiger partial charge in [-0.05, 0) is 30.3 Å². The number of phenols is 1. The fraction of sp³-hybridized carbons (Fsp3) is 0.143. The van der Waals surface area contributed by atoms with E-state index in [4.69, 9.17) is 0 Å². The van der Waals surface area contributed by atoms with E-state index in [0.29, 0.717) is 4.90 Å². The number of benzene rings is 2. The summed E-state index contributed by atoms with van der Waals surface area (Å²) < 4.78 is 0. The van der Waals surface area contributed by atoms with Gasteiger partial charge in [-0.2, -0.15) is 0 Å². The van der Waals surface area contributed by atoms with Crippen LogP contribution in [0.1, 0.15) is 0 Å². The van der Waals surface area contributed by atoms with Gasteiger partial charge in [-0.3, -0.25) is 0 Å². The summed E-state index contributed by atoms with van der Waals surface area (Å²) in [6.07, 6.45) is 0. The smallest absolute Gasteiger partial charge is 0.130 e. The minimum atomic E-state index is 0.212. The van der Waals surface area contributed by atoms with Crippen LogP contribution in [0.3, 0.4) is 0 Å². The lowest BCUT2D eigenvalue weighted by molar-refractivity contribution is 0.461. The molecule has 2 aromatic rings. The van der Waals surface area contributed by atoms with E-state index in [0.717, 1.165) is 26.9 Å². The molecule has 0 saturated heterocycles. The van der Waals surface area contributed by atoms with Gasteiger partial charge in [0, 0.05) is 34.5 Å². The standard InChI is InChI=1S/C14H14N2OS2/c1-16(2)8-3-4-9-13(5-8)19-14-7-11(17)12(18)6-10(14)15-9/h3-7,15,17-18H,1-2H3. The summed E-state index contributed by atoms with van der Waals surface area (Å²) in [5, 5.41) is 13.1. The number of anilines is 3. The highest BCUT2D eigenvalue weighted by Crippen LogP contribution is 2.47. The third-order valence-electron chi connectivity index (χ3n) is 3.05. The molecule has 0 bridgehead atoms. The zero-order valence-corrected chi connectivity index (χ0v) is 12.3. The third kappa shape index (κ3) is 2.24. The molecule has 2 aromatic carbocycles. The minimum absolute atomic E-state index is 0.212. The van der Waals surface area contributed by atoms with Crippen molar-refractivity contribution in [2.24, 2.45) is 0 Å². The summed E-state index contributed by atoms with van der Waals surface area (Å²) in [4.78, 5) is 4.83. The molecule has 0 saturated carbocycles. The Bertz CT molecular complexity index is 656. The van der Waals surface area contributed by atoms with Gasteiger partial charge in [-0.15, -0.1) is 12.6 Å². The van der Waals surface area contributed by atoms with E-state index in [1.165, 1.54) is 0 Å². The van der Waals surface area contributed by atoms with Gasteiger partial charge in [0.15, 0.2) is 0 Å². The van der Waals surface area contributed by atoms with Crippen LogP contribution in [0.25, 0.3) is 0 Å². The quantitative estimate of drug-likeness (QED) is 0.468. The predicted octanol–water partition coefficient (Wildman–Crippen LogP) is 3.96. The largest absolute Gasteiger partial charge is 0.507 e. The lowest BCUT2D eigenvalue weighted by atomic mass is 10.2. The molecule has 5 heteroatoms. The molecule has 0 aromatic heterocycles. The molecule has 1 aliphatic rings. The molecule has 19 heavy (non-hydrogen) atoms. The van der Waals surface area contributed by atoms with Crippen molar-refractivity contribution >= 4 is 41.5 Å². The van der Waals surface area contributed by atoms with Crippen LogP contribution in [0.5, 0.6) is 5.75 Å². The number of hydrogen-bond donors (Lipinski definition) is 3. The maximum atomic E-state index is 9.74. The molecule has 2 N–H and O–H groups in total. The molecule has 0 spiro atoms. The Balaban J connectivity index is 2.04. The number of fused-ring (bicyclic) bond motifs is 2. The van der Waals surface area contributed by atoms with Crippen molar-refractivity contribution < 1.29 is 5.11 Å². The van der Waals surface area contributed by atoms with Crippen LogP contribution in [0, 0.1) is 0 Å². The van der Waals surface area contributed by atoms with Gasteiger partial charge in [-0.1, -0.05) is 11.8 Å². The zero-order valence-electron chi connectivity index (χ0n) is 10.6. The van der Waals surface area contributed by atoms with E-state index in [9.17, 15) is 5.11 Å². The molecule has 0 atom stereocenters. The molecule has 0 aliphatic carbocycles. The Hall–Kier alpha value is -1.46. The SMILES string of the molecule is CN(C)c1ccc2c(c1)Sc1cc(O)c(S)cc1N2.